The van der Waals surface area contributed by atoms with E-state index in [-0.39, 0.29) is 10.6 Å². The van der Waals surface area contributed by atoms with Crippen molar-refractivity contribution >= 4 is 17.2 Å². The molecule has 2 aromatic rings. The average molecular weight is 328 g/mol. The molecule has 0 fully saturated rings. The Morgan fingerprint density at radius 3 is 2.38 bits per heavy atom. The van der Waals surface area contributed by atoms with Crippen molar-refractivity contribution in [1.82, 2.24) is 9.88 Å². The minimum absolute atomic E-state index is 0.0480. The van der Waals surface area contributed by atoms with Gasteiger partial charge >= 0.3 is 5.69 Å². The largest absolute Gasteiger partial charge is 0.321 e. The molecule has 0 saturated carbocycles. The molecule has 0 amide bonds. The van der Waals surface area contributed by atoms with Gasteiger partial charge in [-0.2, -0.15) is 0 Å². The van der Waals surface area contributed by atoms with Crippen molar-refractivity contribution in [2.45, 2.75) is 20.3 Å². The fourth-order valence-corrected chi connectivity index (χ4v) is 2.52. The summed E-state index contributed by atoms with van der Waals surface area (Å²) in [5, 5.41) is 11.5. The molecule has 0 spiro atoms. The summed E-state index contributed by atoms with van der Waals surface area (Å²) in [4.78, 5) is 19.8. The van der Waals surface area contributed by atoms with Crippen molar-refractivity contribution in [2.75, 3.05) is 32.1 Å². The first-order valence-corrected chi connectivity index (χ1v) is 8.00. The highest BCUT2D eigenvalue weighted by Gasteiger charge is 2.23. The zero-order valence-electron chi connectivity index (χ0n) is 14.7. The van der Waals surface area contributed by atoms with Gasteiger partial charge < -0.3 is 9.80 Å². The first-order chi connectivity index (χ1) is 11.4. The molecule has 0 radical (unpaired) electrons. The van der Waals surface area contributed by atoms with Crippen molar-refractivity contribution in [3.8, 4) is 0 Å². The van der Waals surface area contributed by atoms with Gasteiger partial charge in [-0.15, -0.1) is 0 Å². The molecule has 0 aliphatic heterocycles. The van der Waals surface area contributed by atoms with Crippen LogP contribution in [-0.4, -0.2) is 42.0 Å². The van der Waals surface area contributed by atoms with Crippen LogP contribution in [0.5, 0.6) is 0 Å². The Hall–Kier alpha value is -2.47. The third kappa shape index (κ3) is 4.29. The van der Waals surface area contributed by atoms with Gasteiger partial charge in [-0.05, 0) is 58.6 Å². The molecule has 0 aliphatic carbocycles. The predicted octanol–water partition coefficient (Wildman–Crippen LogP) is 3.70. The number of aromatic nitrogens is 1. The van der Waals surface area contributed by atoms with E-state index in [1.165, 1.54) is 0 Å². The fourth-order valence-electron chi connectivity index (χ4n) is 2.52. The molecule has 128 valence electrons. The highest BCUT2D eigenvalue weighted by molar-refractivity contribution is 5.69. The molecule has 1 aromatic heterocycles. The van der Waals surface area contributed by atoms with E-state index in [0.29, 0.717) is 12.4 Å². The van der Waals surface area contributed by atoms with Gasteiger partial charge in [0.25, 0.3) is 0 Å². The Labute approximate surface area is 142 Å². The fraction of sp³-hybridized carbons (Fsp3) is 0.389. The number of pyridine rings is 1. The number of para-hydroxylation sites is 1. The number of anilines is 2. The SMILES string of the molecule is Cc1cc([N+](=O)[O-])c(N(CCCN(C)C)c2ccccc2)nc1C. The van der Waals surface area contributed by atoms with Crippen LogP contribution in [0.3, 0.4) is 0 Å². The number of benzene rings is 1. The van der Waals surface area contributed by atoms with Crippen LogP contribution in [0, 0.1) is 24.0 Å². The Kier molecular flexibility index (Phi) is 5.87. The van der Waals surface area contributed by atoms with Gasteiger partial charge in [0, 0.05) is 24.0 Å². The van der Waals surface area contributed by atoms with Crippen LogP contribution in [0.2, 0.25) is 0 Å². The second kappa shape index (κ2) is 7.88. The van der Waals surface area contributed by atoms with Gasteiger partial charge in [0.15, 0.2) is 0 Å². The molecule has 0 bridgehead atoms. The van der Waals surface area contributed by atoms with Crippen molar-refractivity contribution in [1.29, 1.82) is 0 Å². The van der Waals surface area contributed by atoms with Crippen molar-refractivity contribution in [3.05, 3.63) is 57.8 Å². The number of hydrogen-bond acceptors (Lipinski definition) is 5. The van der Waals surface area contributed by atoms with Gasteiger partial charge in [-0.3, -0.25) is 10.1 Å². The van der Waals surface area contributed by atoms with Gasteiger partial charge in [0.05, 0.1) is 4.92 Å². The molecular formula is C18H24N4O2. The summed E-state index contributed by atoms with van der Waals surface area (Å²) >= 11 is 0. The Morgan fingerprint density at radius 2 is 1.79 bits per heavy atom. The zero-order valence-corrected chi connectivity index (χ0v) is 14.7. The second-order valence-corrected chi connectivity index (χ2v) is 6.13. The minimum Gasteiger partial charge on any atom is -0.321 e. The summed E-state index contributed by atoms with van der Waals surface area (Å²) in [5.74, 6) is 0.410. The van der Waals surface area contributed by atoms with E-state index in [2.05, 4.69) is 9.88 Å². The van der Waals surface area contributed by atoms with Crippen LogP contribution in [0.25, 0.3) is 0 Å². The Bertz CT molecular complexity index is 702. The van der Waals surface area contributed by atoms with Crippen LogP contribution in [-0.2, 0) is 0 Å². The van der Waals surface area contributed by atoms with Crippen LogP contribution in [0.4, 0.5) is 17.2 Å². The molecule has 0 saturated heterocycles. The Morgan fingerprint density at radius 1 is 1.12 bits per heavy atom. The van der Waals surface area contributed by atoms with Crippen LogP contribution < -0.4 is 4.90 Å². The summed E-state index contributed by atoms with van der Waals surface area (Å²) in [6.45, 7) is 5.30. The number of hydrogen-bond donors (Lipinski definition) is 0. The monoisotopic (exact) mass is 328 g/mol. The van der Waals surface area contributed by atoms with E-state index in [0.717, 1.165) is 29.9 Å². The lowest BCUT2D eigenvalue weighted by atomic mass is 10.2. The molecule has 2 rings (SSSR count). The van der Waals surface area contributed by atoms with E-state index < -0.39 is 0 Å². The molecule has 1 heterocycles. The van der Waals surface area contributed by atoms with Gasteiger partial charge in [-0.1, -0.05) is 18.2 Å². The van der Waals surface area contributed by atoms with Crippen molar-refractivity contribution in [2.24, 2.45) is 0 Å². The molecule has 0 unspecified atom stereocenters. The summed E-state index contributed by atoms with van der Waals surface area (Å²) in [7, 11) is 4.03. The number of aryl methyl sites for hydroxylation is 2. The standard InChI is InChI=1S/C18H24N4O2/c1-14-13-17(22(23)24)18(19-15(14)2)21(12-8-11-20(3)4)16-9-6-5-7-10-16/h5-7,9-10,13H,8,11-12H2,1-4H3. The van der Waals surface area contributed by atoms with E-state index in [4.69, 9.17) is 0 Å². The van der Waals surface area contributed by atoms with Gasteiger partial charge in [-0.25, -0.2) is 4.98 Å². The summed E-state index contributed by atoms with van der Waals surface area (Å²) in [5.41, 5.74) is 2.60. The number of nitrogens with zero attached hydrogens (tertiary/aromatic N) is 4. The highest BCUT2D eigenvalue weighted by atomic mass is 16.6. The molecule has 24 heavy (non-hydrogen) atoms. The first-order valence-electron chi connectivity index (χ1n) is 8.00. The first kappa shape index (κ1) is 17.9. The summed E-state index contributed by atoms with van der Waals surface area (Å²) < 4.78 is 0. The maximum atomic E-state index is 11.5. The van der Waals surface area contributed by atoms with Crippen LogP contribution in [0.15, 0.2) is 36.4 Å². The number of nitro groups is 1. The quantitative estimate of drug-likeness (QED) is 0.573. The maximum absolute atomic E-state index is 11.5. The molecule has 1 aromatic carbocycles. The van der Waals surface area contributed by atoms with Gasteiger partial charge in [0.2, 0.25) is 5.82 Å². The normalized spacial score (nSPS) is 10.9. The predicted molar refractivity (Wildman–Crippen MR) is 97.0 cm³/mol. The van der Waals surface area contributed by atoms with E-state index in [9.17, 15) is 10.1 Å². The summed E-state index contributed by atoms with van der Waals surface area (Å²) in [6, 6.07) is 11.3. The van der Waals surface area contributed by atoms with E-state index in [1.807, 2.05) is 63.2 Å². The lowest BCUT2D eigenvalue weighted by molar-refractivity contribution is -0.384. The van der Waals surface area contributed by atoms with Crippen molar-refractivity contribution in [3.63, 3.8) is 0 Å². The second-order valence-electron chi connectivity index (χ2n) is 6.13. The third-order valence-electron chi connectivity index (χ3n) is 3.93. The lowest BCUT2D eigenvalue weighted by Crippen LogP contribution is -2.25. The molecule has 6 nitrogen and oxygen atoms in total. The van der Waals surface area contributed by atoms with Crippen LogP contribution >= 0.6 is 0 Å². The minimum atomic E-state index is -0.351. The van der Waals surface area contributed by atoms with E-state index >= 15 is 0 Å². The van der Waals surface area contributed by atoms with Crippen LogP contribution in [0.1, 0.15) is 17.7 Å². The topological polar surface area (TPSA) is 62.5 Å². The van der Waals surface area contributed by atoms with Gasteiger partial charge in [0.1, 0.15) is 0 Å². The van der Waals surface area contributed by atoms with Crippen molar-refractivity contribution < 1.29 is 4.92 Å². The van der Waals surface area contributed by atoms with E-state index in [1.54, 1.807) is 6.07 Å². The molecular weight excluding hydrogens is 304 g/mol. The molecule has 0 atom stereocenters. The number of rotatable bonds is 7. The highest BCUT2D eigenvalue weighted by Crippen LogP contribution is 2.33. The maximum Gasteiger partial charge on any atom is 0.312 e. The average Bonchev–Trinajstić information content (AvgIpc) is 2.54. The lowest BCUT2D eigenvalue weighted by Gasteiger charge is -2.25. The smallest absolute Gasteiger partial charge is 0.312 e. The Balaban J connectivity index is 2.46. The molecule has 0 N–H and O–H groups in total. The molecule has 0 aliphatic rings. The zero-order chi connectivity index (χ0) is 17.7. The molecule has 6 heteroatoms. The summed E-state index contributed by atoms with van der Waals surface area (Å²) in [6.07, 6.45) is 0.883. The third-order valence-corrected chi connectivity index (χ3v) is 3.93.